The summed E-state index contributed by atoms with van der Waals surface area (Å²) in [7, 11) is -4.91. The van der Waals surface area contributed by atoms with E-state index >= 15 is 0 Å². The molecule has 0 radical (unpaired) electrons. The normalized spacial score (nSPS) is 14.2. The molecule has 0 saturated carbocycles. The van der Waals surface area contributed by atoms with Crippen molar-refractivity contribution in [2.45, 2.75) is 129 Å². The molecule has 0 aliphatic heterocycles. The second-order valence-corrected chi connectivity index (χ2v) is 9.71. The molecule has 1 unspecified atom stereocenters. The Labute approximate surface area is 186 Å². The maximum absolute atomic E-state index is 10.9. The number of quaternary nitrogens is 1. The van der Waals surface area contributed by atoms with Crippen LogP contribution in [-0.4, -0.2) is 23.9 Å². The second-order valence-electron chi connectivity index (χ2n) is 8.72. The summed E-state index contributed by atoms with van der Waals surface area (Å²) in [5.74, 6) is -1.83. The van der Waals surface area contributed by atoms with Crippen molar-refractivity contribution in [2.75, 3.05) is 0 Å². The smallest absolute Gasteiger partial charge is 0.220 e. The van der Waals surface area contributed by atoms with E-state index in [-0.39, 0.29) is 24.9 Å². The lowest BCUT2D eigenvalue weighted by atomic mass is 9.97. The highest BCUT2D eigenvalue weighted by Gasteiger charge is 2.31. The fourth-order valence-electron chi connectivity index (χ4n) is 3.65. The summed E-state index contributed by atoms with van der Waals surface area (Å²) in [4.78, 5) is 0. The van der Waals surface area contributed by atoms with Gasteiger partial charge in [0, 0.05) is 12.8 Å². The quantitative estimate of drug-likeness (QED) is 0.0677. The Bertz CT molecular complexity index is 508. The Morgan fingerprint density at radius 3 is 1.73 bits per heavy atom. The van der Waals surface area contributed by atoms with Gasteiger partial charge in [-0.1, -0.05) is 90.7 Å². The first-order valence-corrected chi connectivity index (χ1v) is 13.1. The lowest BCUT2D eigenvalue weighted by Crippen LogP contribution is -2.36. The molecule has 0 aliphatic carbocycles. The SMILES string of the molecule is CCCCCCCC/C=C\CCCCCCCCC(O)(CC(C)C)OS(=O)(=O)[O-].[NH4+]. The molecule has 7 heteroatoms. The van der Waals surface area contributed by atoms with Gasteiger partial charge in [-0.3, -0.25) is 0 Å². The van der Waals surface area contributed by atoms with Crippen molar-refractivity contribution in [3.8, 4) is 0 Å². The highest BCUT2D eigenvalue weighted by molar-refractivity contribution is 7.80. The number of hydrogen-bond acceptors (Lipinski definition) is 5. The third-order valence-corrected chi connectivity index (χ3v) is 5.58. The van der Waals surface area contributed by atoms with Gasteiger partial charge in [-0.25, -0.2) is 12.6 Å². The van der Waals surface area contributed by atoms with Crippen molar-refractivity contribution in [2.24, 2.45) is 5.92 Å². The maximum Gasteiger partial charge on any atom is 0.220 e. The molecule has 0 heterocycles. The van der Waals surface area contributed by atoms with E-state index in [4.69, 9.17) is 0 Å². The number of unbranched alkanes of at least 4 members (excludes halogenated alkanes) is 12. The van der Waals surface area contributed by atoms with Crippen molar-refractivity contribution in [1.82, 2.24) is 6.15 Å². The predicted octanol–water partition coefficient (Wildman–Crippen LogP) is 7.00. The molecule has 0 aliphatic rings. The molecule has 30 heavy (non-hydrogen) atoms. The van der Waals surface area contributed by atoms with Crippen LogP contribution >= 0.6 is 0 Å². The molecule has 0 fully saturated rings. The van der Waals surface area contributed by atoms with E-state index in [0.29, 0.717) is 6.42 Å². The van der Waals surface area contributed by atoms with Gasteiger partial charge in [0.05, 0.1) is 0 Å². The Kier molecular flexibility index (Phi) is 20.3. The fourth-order valence-corrected chi connectivity index (χ4v) is 4.19. The van der Waals surface area contributed by atoms with Crippen LogP contribution in [-0.2, 0) is 14.6 Å². The van der Waals surface area contributed by atoms with Crippen LogP contribution < -0.4 is 6.15 Å². The van der Waals surface area contributed by atoms with Crippen LogP contribution in [0.25, 0.3) is 0 Å². The number of rotatable bonds is 20. The monoisotopic (exact) mass is 451 g/mol. The average molecular weight is 452 g/mol. The average Bonchev–Trinajstić information content (AvgIpc) is 2.59. The van der Waals surface area contributed by atoms with Gasteiger partial charge in [-0.05, 0) is 38.0 Å². The van der Waals surface area contributed by atoms with Crippen LogP contribution in [0.4, 0.5) is 0 Å². The van der Waals surface area contributed by atoms with E-state index in [1.54, 1.807) is 0 Å². The zero-order chi connectivity index (χ0) is 22.0. The molecular weight excluding hydrogens is 402 g/mol. The number of aliphatic hydroxyl groups is 1. The van der Waals surface area contributed by atoms with Crippen molar-refractivity contribution >= 4 is 10.4 Å². The minimum absolute atomic E-state index is 0. The first-order valence-electron chi connectivity index (χ1n) is 11.7. The molecule has 182 valence electrons. The molecule has 0 rings (SSSR count). The number of allylic oxidation sites excluding steroid dienone is 2. The summed E-state index contributed by atoms with van der Waals surface area (Å²) in [6, 6.07) is 0. The van der Waals surface area contributed by atoms with Crippen LogP contribution in [0.3, 0.4) is 0 Å². The van der Waals surface area contributed by atoms with E-state index in [1.165, 1.54) is 57.8 Å². The Hall–Kier alpha value is -0.470. The fraction of sp³-hybridized carbons (Fsp3) is 0.913. The highest BCUT2D eigenvalue weighted by atomic mass is 32.3. The van der Waals surface area contributed by atoms with Crippen molar-refractivity contribution < 1.29 is 22.3 Å². The molecule has 1 atom stereocenters. The minimum Gasteiger partial charge on any atom is -0.725 e. The molecule has 0 aromatic carbocycles. The van der Waals surface area contributed by atoms with Gasteiger partial charge in [0.1, 0.15) is 0 Å². The second kappa shape index (κ2) is 19.2. The molecular formula is C23H49NO5S. The van der Waals surface area contributed by atoms with E-state index in [2.05, 4.69) is 23.3 Å². The summed E-state index contributed by atoms with van der Waals surface area (Å²) in [6.07, 6.45) is 21.5. The topological polar surface area (TPSA) is 123 Å². The Balaban J connectivity index is 0. The van der Waals surface area contributed by atoms with Gasteiger partial charge in [0.15, 0.2) is 5.79 Å². The first kappa shape index (κ1) is 31.7. The summed E-state index contributed by atoms with van der Waals surface area (Å²) in [5, 5.41) is 10.3. The van der Waals surface area contributed by atoms with Gasteiger partial charge in [0.2, 0.25) is 10.4 Å². The van der Waals surface area contributed by atoms with E-state index in [1.807, 2.05) is 13.8 Å². The minimum atomic E-state index is -4.91. The molecule has 0 saturated heterocycles. The Morgan fingerprint density at radius 1 is 0.867 bits per heavy atom. The highest BCUT2D eigenvalue weighted by Crippen LogP contribution is 2.27. The molecule has 0 amide bonds. The Morgan fingerprint density at radius 2 is 1.30 bits per heavy atom. The van der Waals surface area contributed by atoms with E-state index in [9.17, 15) is 18.1 Å². The van der Waals surface area contributed by atoms with Gasteiger partial charge in [0.25, 0.3) is 0 Å². The van der Waals surface area contributed by atoms with E-state index in [0.717, 1.165) is 25.7 Å². The van der Waals surface area contributed by atoms with Gasteiger partial charge in [-0.15, -0.1) is 0 Å². The van der Waals surface area contributed by atoms with Crippen LogP contribution in [0.2, 0.25) is 0 Å². The van der Waals surface area contributed by atoms with Crippen molar-refractivity contribution in [1.29, 1.82) is 0 Å². The molecule has 0 bridgehead atoms. The largest absolute Gasteiger partial charge is 0.725 e. The van der Waals surface area contributed by atoms with Crippen LogP contribution in [0.5, 0.6) is 0 Å². The maximum atomic E-state index is 10.9. The van der Waals surface area contributed by atoms with Gasteiger partial charge in [-0.2, -0.15) is 0 Å². The standard InChI is InChI=1S/C23H46O5S.H3N/c1-4-5-6-7-8-9-10-11-12-13-14-15-16-17-18-19-20-23(24,21-22(2)3)28-29(25,26)27;/h11-12,22,24H,4-10,13-21H2,1-3H3,(H,25,26,27);1H3/b12-11-;. The lowest BCUT2D eigenvalue weighted by Gasteiger charge is -2.30. The summed E-state index contributed by atoms with van der Waals surface area (Å²) < 4.78 is 37.0. The van der Waals surface area contributed by atoms with E-state index < -0.39 is 16.2 Å². The molecule has 0 aromatic heterocycles. The van der Waals surface area contributed by atoms with Crippen molar-refractivity contribution in [3.05, 3.63) is 12.2 Å². The molecule has 5 N–H and O–H groups in total. The summed E-state index contributed by atoms with van der Waals surface area (Å²) in [5.41, 5.74) is 0. The van der Waals surface area contributed by atoms with Gasteiger partial charge >= 0.3 is 0 Å². The summed E-state index contributed by atoms with van der Waals surface area (Å²) in [6.45, 7) is 5.96. The first-order chi connectivity index (χ1) is 13.7. The number of hydrogen-bond donors (Lipinski definition) is 2. The van der Waals surface area contributed by atoms with Crippen molar-refractivity contribution in [3.63, 3.8) is 0 Å². The third-order valence-electron chi connectivity index (χ3n) is 5.06. The zero-order valence-electron chi connectivity index (χ0n) is 20.0. The zero-order valence-corrected chi connectivity index (χ0v) is 20.9. The third kappa shape index (κ3) is 22.2. The predicted molar refractivity (Wildman–Crippen MR) is 125 cm³/mol. The lowest BCUT2D eigenvalue weighted by molar-refractivity contribution is -0.156. The van der Waals surface area contributed by atoms with Gasteiger partial charge < -0.3 is 15.8 Å². The summed E-state index contributed by atoms with van der Waals surface area (Å²) >= 11 is 0. The van der Waals surface area contributed by atoms with Crippen LogP contribution in [0.15, 0.2) is 12.2 Å². The molecule has 6 nitrogen and oxygen atoms in total. The molecule has 0 aromatic rings. The van der Waals surface area contributed by atoms with Crippen LogP contribution in [0, 0.1) is 5.92 Å². The van der Waals surface area contributed by atoms with Crippen LogP contribution in [0.1, 0.15) is 124 Å². The molecule has 0 spiro atoms.